The minimum absolute atomic E-state index is 0.0147. The van der Waals surface area contributed by atoms with E-state index in [0.29, 0.717) is 30.9 Å². The zero-order valence-electron chi connectivity index (χ0n) is 12.2. The van der Waals surface area contributed by atoms with E-state index in [1.165, 1.54) is 12.1 Å². The summed E-state index contributed by atoms with van der Waals surface area (Å²) < 4.78 is 5.31. The number of carbonyl (C=O) groups is 1. The SMILES string of the molecule is CCOc1cc(NC(C)CCCC(=O)O)cc([N+](=O)[O-])c1. The Morgan fingerprint density at radius 3 is 2.76 bits per heavy atom. The summed E-state index contributed by atoms with van der Waals surface area (Å²) in [5.74, 6) is -0.386. The molecule has 1 atom stereocenters. The number of nitro groups is 1. The molecule has 7 nitrogen and oxygen atoms in total. The van der Waals surface area contributed by atoms with Crippen molar-refractivity contribution in [1.82, 2.24) is 0 Å². The number of hydrogen-bond acceptors (Lipinski definition) is 5. The van der Waals surface area contributed by atoms with Gasteiger partial charge in [0, 0.05) is 30.3 Å². The third kappa shape index (κ3) is 6.11. The van der Waals surface area contributed by atoms with E-state index in [1.54, 1.807) is 13.0 Å². The van der Waals surface area contributed by atoms with Gasteiger partial charge < -0.3 is 15.2 Å². The molecular formula is C14H20N2O5. The summed E-state index contributed by atoms with van der Waals surface area (Å²) in [6, 6.07) is 4.53. The minimum atomic E-state index is -0.823. The van der Waals surface area contributed by atoms with E-state index >= 15 is 0 Å². The van der Waals surface area contributed by atoms with E-state index in [4.69, 9.17) is 9.84 Å². The van der Waals surface area contributed by atoms with Gasteiger partial charge in [-0.1, -0.05) is 0 Å². The van der Waals surface area contributed by atoms with Crippen LogP contribution in [0.2, 0.25) is 0 Å². The highest BCUT2D eigenvalue weighted by atomic mass is 16.6. The minimum Gasteiger partial charge on any atom is -0.494 e. The molecule has 21 heavy (non-hydrogen) atoms. The number of nitrogens with zero attached hydrogens (tertiary/aromatic N) is 1. The molecule has 0 saturated carbocycles. The van der Waals surface area contributed by atoms with Crippen molar-refractivity contribution in [3.8, 4) is 5.75 Å². The number of nitro benzene ring substituents is 1. The van der Waals surface area contributed by atoms with E-state index in [-0.39, 0.29) is 18.2 Å². The second-order valence-corrected chi connectivity index (χ2v) is 4.74. The Kier molecular flexibility index (Phi) is 6.45. The van der Waals surface area contributed by atoms with Crippen LogP contribution in [0.25, 0.3) is 0 Å². The van der Waals surface area contributed by atoms with E-state index in [9.17, 15) is 14.9 Å². The quantitative estimate of drug-likeness (QED) is 0.536. The van der Waals surface area contributed by atoms with E-state index in [2.05, 4.69) is 5.32 Å². The lowest BCUT2D eigenvalue weighted by Crippen LogP contribution is -2.15. The molecule has 2 N–H and O–H groups in total. The van der Waals surface area contributed by atoms with Crippen molar-refractivity contribution in [1.29, 1.82) is 0 Å². The number of ether oxygens (including phenoxy) is 1. The van der Waals surface area contributed by atoms with Crippen LogP contribution < -0.4 is 10.1 Å². The molecule has 0 aliphatic carbocycles. The fourth-order valence-corrected chi connectivity index (χ4v) is 1.94. The average molecular weight is 296 g/mol. The smallest absolute Gasteiger partial charge is 0.303 e. The summed E-state index contributed by atoms with van der Waals surface area (Å²) in [6.07, 6.45) is 1.33. The molecule has 116 valence electrons. The maximum absolute atomic E-state index is 10.9. The molecule has 0 bridgehead atoms. The van der Waals surface area contributed by atoms with Crippen LogP contribution in [0.1, 0.15) is 33.1 Å². The van der Waals surface area contributed by atoms with E-state index in [1.807, 2.05) is 6.92 Å². The van der Waals surface area contributed by atoms with E-state index < -0.39 is 10.9 Å². The summed E-state index contributed by atoms with van der Waals surface area (Å²) in [6.45, 7) is 4.14. The Morgan fingerprint density at radius 1 is 1.48 bits per heavy atom. The Hall–Kier alpha value is -2.31. The highest BCUT2D eigenvalue weighted by Crippen LogP contribution is 2.26. The molecule has 1 aromatic rings. The highest BCUT2D eigenvalue weighted by molar-refractivity contribution is 5.66. The van der Waals surface area contributed by atoms with Crippen molar-refractivity contribution in [2.75, 3.05) is 11.9 Å². The molecule has 0 aromatic heterocycles. The highest BCUT2D eigenvalue weighted by Gasteiger charge is 2.12. The number of non-ortho nitro benzene ring substituents is 1. The van der Waals surface area contributed by atoms with Gasteiger partial charge in [0.25, 0.3) is 5.69 Å². The van der Waals surface area contributed by atoms with Crippen molar-refractivity contribution >= 4 is 17.3 Å². The topological polar surface area (TPSA) is 102 Å². The first-order chi connectivity index (χ1) is 9.92. The lowest BCUT2D eigenvalue weighted by molar-refractivity contribution is -0.384. The number of carboxylic acid groups (broad SMARTS) is 1. The number of carboxylic acids is 1. The lowest BCUT2D eigenvalue weighted by Gasteiger charge is -2.15. The number of aliphatic carboxylic acids is 1. The number of nitrogens with one attached hydrogen (secondary N) is 1. The lowest BCUT2D eigenvalue weighted by atomic mass is 10.1. The fourth-order valence-electron chi connectivity index (χ4n) is 1.94. The molecule has 0 saturated heterocycles. The third-order valence-corrected chi connectivity index (χ3v) is 2.85. The van der Waals surface area contributed by atoms with Crippen LogP contribution in [0.15, 0.2) is 18.2 Å². The molecule has 1 rings (SSSR count). The number of hydrogen-bond donors (Lipinski definition) is 2. The van der Waals surface area contributed by atoms with Gasteiger partial charge in [-0.2, -0.15) is 0 Å². The summed E-state index contributed by atoms with van der Waals surface area (Å²) in [7, 11) is 0. The van der Waals surface area contributed by atoms with Crippen LogP contribution in [0, 0.1) is 10.1 Å². The monoisotopic (exact) mass is 296 g/mol. The first-order valence-corrected chi connectivity index (χ1v) is 6.83. The predicted octanol–water partition coefficient (Wildman–Crippen LogP) is 3.05. The van der Waals surface area contributed by atoms with Crippen molar-refractivity contribution in [2.24, 2.45) is 0 Å². The summed E-state index contributed by atoms with van der Waals surface area (Å²) in [5.41, 5.74) is 0.552. The Morgan fingerprint density at radius 2 is 2.19 bits per heavy atom. The average Bonchev–Trinajstić information content (AvgIpc) is 2.38. The predicted molar refractivity (Wildman–Crippen MR) is 78.8 cm³/mol. The van der Waals surface area contributed by atoms with Gasteiger partial charge in [0.2, 0.25) is 0 Å². The number of benzene rings is 1. The summed E-state index contributed by atoms with van der Waals surface area (Å²) in [5, 5.41) is 22.6. The normalized spacial score (nSPS) is 11.7. The molecule has 0 heterocycles. The molecule has 0 aliphatic rings. The van der Waals surface area contributed by atoms with Crippen molar-refractivity contribution in [3.05, 3.63) is 28.3 Å². The van der Waals surface area contributed by atoms with Crippen molar-refractivity contribution in [3.63, 3.8) is 0 Å². The van der Waals surface area contributed by atoms with Gasteiger partial charge in [0.15, 0.2) is 0 Å². The molecule has 0 radical (unpaired) electrons. The zero-order valence-corrected chi connectivity index (χ0v) is 12.2. The molecule has 0 fully saturated rings. The van der Waals surface area contributed by atoms with Crippen LogP contribution in [0.5, 0.6) is 5.75 Å². The Labute approximate surface area is 123 Å². The molecule has 1 unspecified atom stereocenters. The first-order valence-electron chi connectivity index (χ1n) is 6.83. The summed E-state index contributed by atoms with van der Waals surface area (Å²) in [4.78, 5) is 20.9. The standard InChI is InChI=1S/C14H20N2O5/c1-3-21-13-8-11(7-12(9-13)16(19)20)15-10(2)5-4-6-14(17)18/h7-10,15H,3-6H2,1-2H3,(H,17,18). The molecule has 1 aromatic carbocycles. The maximum atomic E-state index is 10.9. The molecule has 0 amide bonds. The third-order valence-electron chi connectivity index (χ3n) is 2.85. The van der Waals surface area contributed by atoms with E-state index in [0.717, 1.165) is 0 Å². The second kappa shape index (κ2) is 8.08. The van der Waals surface area contributed by atoms with Crippen LogP contribution in [0.3, 0.4) is 0 Å². The second-order valence-electron chi connectivity index (χ2n) is 4.74. The van der Waals surface area contributed by atoms with Crippen molar-refractivity contribution < 1.29 is 19.6 Å². The van der Waals surface area contributed by atoms with Gasteiger partial charge >= 0.3 is 5.97 Å². The summed E-state index contributed by atoms with van der Waals surface area (Å²) >= 11 is 0. The van der Waals surface area contributed by atoms with Crippen molar-refractivity contribution in [2.45, 2.75) is 39.2 Å². The van der Waals surface area contributed by atoms with Crippen LogP contribution in [0.4, 0.5) is 11.4 Å². The van der Waals surface area contributed by atoms with Gasteiger partial charge in [-0.15, -0.1) is 0 Å². The van der Waals surface area contributed by atoms with Gasteiger partial charge in [0.05, 0.1) is 17.6 Å². The Bertz CT molecular complexity index is 504. The first kappa shape index (κ1) is 16.7. The van der Waals surface area contributed by atoms with Crippen LogP contribution >= 0.6 is 0 Å². The maximum Gasteiger partial charge on any atom is 0.303 e. The Balaban J connectivity index is 2.72. The van der Waals surface area contributed by atoms with Crippen LogP contribution in [-0.4, -0.2) is 28.6 Å². The largest absolute Gasteiger partial charge is 0.494 e. The van der Waals surface area contributed by atoms with Gasteiger partial charge in [0.1, 0.15) is 5.75 Å². The number of anilines is 1. The van der Waals surface area contributed by atoms with Gasteiger partial charge in [-0.3, -0.25) is 14.9 Å². The fraction of sp³-hybridized carbons (Fsp3) is 0.500. The molecular weight excluding hydrogens is 276 g/mol. The molecule has 0 spiro atoms. The van der Waals surface area contributed by atoms with Gasteiger partial charge in [-0.05, 0) is 26.7 Å². The molecule has 7 heteroatoms. The molecule has 0 aliphatic heterocycles. The zero-order chi connectivity index (χ0) is 15.8. The van der Waals surface area contributed by atoms with Gasteiger partial charge in [-0.25, -0.2) is 0 Å². The van der Waals surface area contributed by atoms with Crippen LogP contribution in [-0.2, 0) is 4.79 Å². The number of rotatable bonds is 9.